The van der Waals surface area contributed by atoms with Gasteiger partial charge in [-0.2, -0.15) is 0 Å². The van der Waals surface area contributed by atoms with Gasteiger partial charge in [-0.25, -0.2) is 0 Å². The number of likely N-dealkylation sites (tertiary alicyclic amines) is 1. The van der Waals surface area contributed by atoms with E-state index in [0.717, 1.165) is 18.8 Å². The normalized spacial score (nSPS) is 16.3. The lowest BCUT2D eigenvalue weighted by atomic mass is 9.88. The highest BCUT2D eigenvalue weighted by Crippen LogP contribution is 2.21. The van der Waals surface area contributed by atoms with E-state index in [9.17, 15) is 4.79 Å². The van der Waals surface area contributed by atoms with Crippen LogP contribution in [0.25, 0.3) is 0 Å². The summed E-state index contributed by atoms with van der Waals surface area (Å²) < 4.78 is 0. The highest BCUT2D eigenvalue weighted by molar-refractivity contribution is 5.83. The third kappa shape index (κ3) is 9.81. The highest BCUT2D eigenvalue weighted by Gasteiger charge is 2.24. The van der Waals surface area contributed by atoms with E-state index in [0.29, 0.717) is 5.78 Å². The Kier molecular flexibility index (Phi) is 10.9. The van der Waals surface area contributed by atoms with Gasteiger partial charge in [-0.15, -0.1) is 0 Å². The van der Waals surface area contributed by atoms with E-state index in [-0.39, 0.29) is 5.41 Å². The zero-order chi connectivity index (χ0) is 17.8. The van der Waals surface area contributed by atoms with E-state index < -0.39 is 0 Å². The zero-order valence-electron chi connectivity index (χ0n) is 17.0. The van der Waals surface area contributed by atoms with Crippen molar-refractivity contribution in [2.45, 2.75) is 105 Å². The van der Waals surface area contributed by atoms with Crippen molar-refractivity contribution in [3.05, 3.63) is 0 Å². The average Bonchev–Trinajstić information content (AvgIpc) is 2.48. The van der Waals surface area contributed by atoms with Gasteiger partial charge < -0.3 is 4.90 Å². The summed E-state index contributed by atoms with van der Waals surface area (Å²) in [7, 11) is 0. The molecule has 0 N–H and O–H groups in total. The summed E-state index contributed by atoms with van der Waals surface area (Å²) >= 11 is 0. The third-order valence-electron chi connectivity index (χ3n) is 5.44. The second kappa shape index (κ2) is 12.1. The average molecular weight is 338 g/mol. The number of hydrogen-bond acceptors (Lipinski definition) is 2. The van der Waals surface area contributed by atoms with Crippen LogP contribution in [0, 0.1) is 11.3 Å². The summed E-state index contributed by atoms with van der Waals surface area (Å²) in [4.78, 5) is 14.5. The van der Waals surface area contributed by atoms with Gasteiger partial charge in [-0.05, 0) is 31.7 Å². The molecule has 0 atom stereocenters. The van der Waals surface area contributed by atoms with E-state index in [2.05, 4.69) is 11.8 Å². The first kappa shape index (κ1) is 21.7. The van der Waals surface area contributed by atoms with Crippen LogP contribution in [0.1, 0.15) is 105 Å². The Bertz CT molecular complexity index is 325. The van der Waals surface area contributed by atoms with Crippen molar-refractivity contribution in [1.29, 1.82) is 0 Å². The maximum Gasteiger partial charge on any atom is 0.138 e. The summed E-state index contributed by atoms with van der Waals surface area (Å²) in [5.74, 6) is 1.43. The molecular formula is C22H43NO. The molecule has 0 amide bonds. The Morgan fingerprint density at radius 1 is 0.875 bits per heavy atom. The molecule has 0 unspecified atom stereocenters. The molecule has 1 rings (SSSR count). The van der Waals surface area contributed by atoms with E-state index in [1.54, 1.807) is 0 Å². The molecular weight excluding hydrogens is 294 g/mol. The molecule has 1 aliphatic heterocycles. The van der Waals surface area contributed by atoms with Crippen LogP contribution in [0.5, 0.6) is 0 Å². The van der Waals surface area contributed by atoms with E-state index in [1.165, 1.54) is 83.8 Å². The Hall–Kier alpha value is -0.370. The fourth-order valence-corrected chi connectivity index (χ4v) is 3.68. The van der Waals surface area contributed by atoms with Crippen molar-refractivity contribution in [2.75, 3.05) is 19.6 Å². The first-order chi connectivity index (χ1) is 11.4. The number of rotatable bonds is 14. The van der Waals surface area contributed by atoms with Gasteiger partial charge >= 0.3 is 0 Å². The van der Waals surface area contributed by atoms with Crippen LogP contribution in [0.4, 0.5) is 0 Å². The molecule has 1 saturated heterocycles. The van der Waals surface area contributed by atoms with Crippen molar-refractivity contribution >= 4 is 5.78 Å². The molecule has 0 radical (unpaired) electrons. The predicted octanol–water partition coefficient (Wildman–Crippen LogP) is 6.23. The van der Waals surface area contributed by atoms with Crippen molar-refractivity contribution in [1.82, 2.24) is 4.90 Å². The SMILES string of the molecule is CCCC1CN(CCCCCCCCCCCC(=O)C(C)(C)C)C1. The van der Waals surface area contributed by atoms with Crippen molar-refractivity contribution in [2.24, 2.45) is 11.3 Å². The summed E-state index contributed by atoms with van der Waals surface area (Å²) in [6.07, 6.45) is 15.6. The number of carbonyl (C=O) groups excluding carboxylic acids is 1. The smallest absolute Gasteiger partial charge is 0.138 e. The Morgan fingerprint density at radius 2 is 1.38 bits per heavy atom. The van der Waals surface area contributed by atoms with Gasteiger partial charge in [0.1, 0.15) is 5.78 Å². The second-order valence-electron chi connectivity index (χ2n) is 9.02. The molecule has 24 heavy (non-hydrogen) atoms. The lowest BCUT2D eigenvalue weighted by Gasteiger charge is -2.39. The number of Topliss-reactive ketones (excluding diaryl/α,β-unsaturated/α-hetero) is 1. The molecule has 1 heterocycles. The van der Waals surface area contributed by atoms with E-state index in [4.69, 9.17) is 0 Å². The summed E-state index contributed by atoms with van der Waals surface area (Å²) in [6, 6.07) is 0. The predicted molar refractivity (Wildman–Crippen MR) is 105 cm³/mol. The summed E-state index contributed by atoms with van der Waals surface area (Å²) in [5, 5.41) is 0. The van der Waals surface area contributed by atoms with Gasteiger partial charge in [0.05, 0.1) is 0 Å². The van der Waals surface area contributed by atoms with Crippen LogP contribution in [-0.4, -0.2) is 30.3 Å². The lowest BCUT2D eigenvalue weighted by Crippen LogP contribution is -2.46. The molecule has 1 aliphatic rings. The van der Waals surface area contributed by atoms with Crippen LogP contribution in [-0.2, 0) is 4.79 Å². The van der Waals surface area contributed by atoms with Crippen LogP contribution in [0.3, 0.4) is 0 Å². The van der Waals surface area contributed by atoms with Crippen LogP contribution in [0.15, 0.2) is 0 Å². The molecule has 0 aromatic rings. The number of hydrogen-bond donors (Lipinski definition) is 0. The minimum Gasteiger partial charge on any atom is -0.303 e. The number of nitrogens with zero attached hydrogens (tertiary/aromatic N) is 1. The van der Waals surface area contributed by atoms with Crippen LogP contribution >= 0.6 is 0 Å². The Balaban J connectivity index is 1.76. The fourth-order valence-electron chi connectivity index (χ4n) is 3.68. The van der Waals surface area contributed by atoms with Gasteiger partial charge in [0.2, 0.25) is 0 Å². The molecule has 142 valence electrons. The molecule has 0 aromatic carbocycles. The van der Waals surface area contributed by atoms with E-state index in [1.807, 2.05) is 20.8 Å². The fraction of sp³-hybridized carbons (Fsp3) is 0.955. The van der Waals surface area contributed by atoms with Crippen LogP contribution < -0.4 is 0 Å². The maximum atomic E-state index is 11.8. The molecule has 0 spiro atoms. The molecule has 1 fully saturated rings. The Morgan fingerprint density at radius 3 is 1.88 bits per heavy atom. The molecule has 0 bridgehead atoms. The lowest BCUT2D eigenvalue weighted by molar-refractivity contribution is -0.126. The van der Waals surface area contributed by atoms with Gasteiger partial charge in [0.15, 0.2) is 0 Å². The third-order valence-corrected chi connectivity index (χ3v) is 5.44. The summed E-state index contributed by atoms with van der Waals surface area (Å²) in [5.41, 5.74) is -0.146. The molecule has 0 aliphatic carbocycles. The minimum absolute atomic E-state index is 0.146. The van der Waals surface area contributed by atoms with Gasteiger partial charge in [0, 0.05) is 24.9 Å². The monoisotopic (exact) mass is 337 g/mol. The number of ketones is 1. The minimum atomic E-state index is -0.146. The van der Waals surface area contributed by atoms with Gasteiger partial charge in [0.25, 0.3) is 0 Å². The molecule has 0 aromatic heterocycles. The first-order valence-electron chi connectivity index (χ1n) is 10.7. The largest absolute Gasteiger partial charge is 0.303 e. The topological polar surface area (TPSA) is 20.3 Å². The molecule has 2 heteroatoms. The van der Waals surface area contributed by atoms with Gasteiger partial charge in [-0.1, -0.05) is 79.1 Å². The summed E-state index contributed by atoms with van der Waals surface area (Å²) in [6.45, 7) is 12.5. The van der Waals surface area contributed by atoms with Crippen molar-refractivity contribution in [3.8, 4) is 0 Å². The highest BCUT2D eigenvalue weighted by atomic mass is 16.1. The van der Waals surface area contributed by atoms with Crippen molar-refractivity contribution < 1.29 is 4.79 Å². The standard InChI is InChI=1S/C22H43NO/c1-5-15-20-18-23(19-20)17-14-12-10-8-6-7-9-11-13-16-21(24)22(2,3)4/h20H,5-19H2,1-4H3. The molecule has 2 nitrogen and oxygen atoms in total. The number of unbranched alkanes of at least 4 members (excludes halogenated alkanes) is 8. The van der Waals surface area contributed by atoms with Gasteiger partial charge in [-0.3, -0.25) is 4.79 Å². The van der Waals surface area contributed by atoms with E-state index >= 15 is 0 Å². The zero-order valence-corrected chi connectivity index (χ0v) is 17.0. The second-order valence-corrected chi connectivity index (χ2v) is 9.02. The van der Waals surface area contributed by atoms with Crippen LogP contribution in [0.2, 0.25) is 0 Å². The first-order valence-corrected chi connectivity index (χ1v) is 10.7. The quantitative estimate of drug-likeness (QED) is 0.350. The maximum absolute atomic E-state index is 11.8. The van der Waals surface area contributed by atoms with Crippen molar-refractivity contribution in [3.63, 3.8) is 0 Å². The number of carbonyl (C=O) groups is 1. The molecule has 0 saturated carbocycles. The Labute approximate surface area is 151 Å².